The molecule has 0 fully saturated rings. The third kappa shape index (κ3) is 27.2. The summed E-state index contributed by atoms with van der Waals surface area (Å²) in [4.78, 5) is 18.7. The van der Waals surface area contributed by atoms with E-state index in [9.17, 15) is 0 Å². The number of hydrogen-bond donors (Lipinski definition) is 0. The van der Waals surface area contributed by atoms with Gasteiger partial charge in [0.25, 0.3) is 0 Å². The zero-order valence-corrected chi connectivity index (χ0v) is 71.4. The molecular formula is C94H85BrCl2N6P4PdS2. The summed E-state index contributed by atoms with van der Waals surface area (Å²) < 4.78 is 4.66. The molecule has 110 heavy (non-hydrogen) atoms. The van der Waals surface area contributed by atoms with Crippen molar-refractivity contribution in [3.8, 4) is 11.5 Å². The second-order valence-electron chi connectivity index (χ2n) is 23.7. The van der Waals surface area contributed by atoms with Crippen molar-refractivity contribution >= 4 is 158 Å². The Bertz CT molecular complexity index is 4270. The Morgan fingerprint density at radius 2 is 0.545 bits per heavy atom. The molecule has 12 aromatic carbocycles. The summed E-state index contributed by atoms with van der Waals surface area (Å²) in [5.74, 6) is 2.89. The summed E-state index contributed by atoms with van der Waals surface area (Å²) in [6.07, 6.45) is 9.05. The van der Waals surface area contributed by atoms with E-state index >= 15 is 0 Å². The van der Waals surface area contributed by atoms with Crippen LogP contribution in [0.3, 0.4) is 0 Å². The van der Waals surface area contributed by atoms with E-state index in [0.29, 0.717) is 10.3 Å². The number of rotatable bonds is 17. The van der Waals surface area contributed by atoms with Crippen LogP contribution in [0.4, 0.5) is 0 Å². The van der Waals surface area contributed by atoms with Gasteiger partial charge in [-0.3, -0.25) is 0 Å². The molecule has 0 atom stereocenters. The maximum absolute atomic E-state index is 5.93. The molecule has 6 nitrogen and oxygen atoms in total. The van der Waals surface area contributed by atoms with Gasteiger partial charge in [-0.2, -0.15) is 0 Å². The van der Waals surface area contributed by atoms with Gasteiger partial charge in [0, 0.05) is 69.1 Å². The van der Waals surface area contributed by atoms with Crippen molar-refractivity contribution in [3.63, 3.8) is 0 Å². The van der Waals surface area contributed by atoms with Crippen LogP contribution >= 0.6 is 94.3 Å². The van der Waals surface area contributed by atoms with Gasteiger partial charge in [0.05, 0.1) is 6.33 Å². The van der Waals surface area contributed by atoms with Gasteiger partial charge < -0.3 is 9.13 Å². The Labute approximate surface area is 696 Å². The van der Waals surface area contributed by atoms with Crippen molar-refractivity contribution < 1.29 is 20.4 Å². The molecule has 554 valence electrons. The fourth-order valence-corrected chi connectivity index (χ4v) is 22.8. The fraction of sp³-hybridized carbons (Fsp3) is 0.0638. The Morgan fingerprint density at radius 3 is 0.736 bits per heavy atom. The van der Waals surface area contributed by atoms with Crippen LogP contribution < -0.4 is 63.7 Å². The normalized spacial score (nSPS) is 10.4. The summed E-state index contributed by atoms with van der Waals surface area (Å²) in [6, 6.07) is 137. The van der Waals surface area contributed by atoms with Gasteiger partial charge in [0.2, 0.25) is 0 Å². The van der Waals surface area contributed by atoms with Crippen LogP contribution in [0.15, 0.2) is 434 Å². The number of aromatic nitrogens is 6. The SMILES string of the molecule is CCSc1ccc(Cl)nc1-c1nccn1C.CCSc1ccc(Cl)nc1Br.Cn1ccnc1.[Pd].c1ccc(P(c2ccccc2)c2ccccc2)cc1.c1ccc(P(c2ccccc2)c2ccccc2)cc1.c1ccc(P(c2ccccc2)c2ccccc2)cc1.c1ccc(P(c2ccccc2)c2ccccc2)cc1. The Hall–Kier alpha value is -8.50. The van der Waals surface area contributed by atoms with Crippen LogP contribution in [0.5, 0.6) is 0 Å². The number of imidazole rings is 2. The van der Waals surface area contributed by atoms with Crippen LogP contribution in [0.2, 0.25) is 10.3 Å². The van der Waals surface area contributed by atoms with Crippen LogP contribution in [-0.2, 0) is 34.5 Å². The van der Waals surface area contributed by atoms with Crippen LogP contribution in [0.1, 0.15) is 13.8 Å². The largest absolute Gasteiger partial charge is 0.341 e. The molecule has 16 rings (SSSR count). The van der Waals surface area contributed by atoms with E-state index in [0.717, 1.165) is 37.4 Å². The average molecular weight is 1740 g/mol. The van der Waals surface area contributed by atoms with Gasteiger partial charge in [-0.1, -0.05) is 401 Å². The zero-order chi connectivity index (χ0) is 75.9. The maximum Gasteiger partial charge on any atom is 0.159 e. The number of hydrogen-bond acceptors (Lipinski definition) is 6. The number of thioether (sulfide) groups is 2. The summed E-state index contributed by atoms with van der Waals surface area (Å²) in [7, 11) is 2.10. The zero-order valence-electron chi connectivity index (χ0n) is 61.5. The number of benzene rings is 12. The topological polar surface area (TPSA) is 61.4 Å². The fourth-order valence-electron chi connectivity index (χ4n) is 11.2. The molecule has 0 aliphatic heterocycles. The molecule has 0 aliphatic carbocycles. The summed E-state index contributed by atoms with van der Waals surface area (Å²) >= 11 is 18.4. The Kier molecular flexibility index (Phi) is 37.6. The van der Waals surface area contributed by atoms with Crippen LogP contribution in [-0.4, -0.2) is 40.6 Å². The van der Waals surface area contributed by atoms with Crippen molar-refractivity contribution in [2.75, 3.05) is 11.5 Å². The first-order chi connectivity index (χ1) is 53.6. The molecule has 16 aromatic rings. The standard InChI is InChI=1S/4C18H15P.C11H12ClN3S.C7H7BrClNS.C4H6N2.Pd/c4*1-4-10-16(11-5-1)19(17-12-6-2-7-13-17)18-14-8-3-9-15-18;1-3-16-8-4-5-9(12)14-10(8)11-13-6-7-15(11)2;1-2-11-5-3-4-6(9)10-7(5)8;1-6-3-2-5-4-6;/h4*1-15H;4-7H,3H2,1-2H3;3-4H,2H2,1H3;2-4H,1H3;. The first-order valence-corrected chi connectivity index (χ1v) is 44.5. The number of pyridine rings is 2. The van der Waals surface area contributed by atoms with Crippen molar-refractivity contribution in [2.45, 2.75) is 23.6 Å². The van der Waals surface area contributed by atoms with Crippen LogP contribution in [0.25, 0.3) is 11.5 Å². The minimum atomic E-state index is -0.446. The molecule has 4 aromatic heterocycles. The molecular weight excluding hydrogens is 1660 g/mol. The smallest absolute Gasteiger partial charge is 0.159 e. The van der Waals surface area contributed by atoms with Crippen molar-refractivity contribution in [2.24, 2.45) is 14.1 Å². The molecule has 0 amide bonds. The van der Waals surface area contributed by atoms with Gasteiger partial charge in [-0.15, -0.1) is 23.5 Å². The predicted molar refractivity (Wildman–Crippen MR) is 485 cm³/mol. The first-order valence-electron chi connectivity index (χ1n) is 35.6. The minimum absolute atomic E-state index is 0. The molecule has 0 radical (unpaired) electrons. The molecule has 0 bridgehead atoms. The van der Waals surface area contributed by atoms with E-state index in [1.165, 1.54) is 63.7 Å². The Balaban J connectivity index is 0.000000150. The summed E-state index contributed by atoms with van der Waals surface area (Å²) in [6.45, 7) is 4.22. The van der Waals surface area contributed by atoms with E-state index in [4.69, 9.17) is 23.2 Å². The minimum Gasteiger partial charge on any atom is -0.341 e. The molecule has 0 spiro atoms. The maximum atomic E-state index is 5.93. The second-order valence-corrected chi connectivity index (χ2v) is 36.7. The van der Waals surface area contributed by atoms with E-state index in [2.05, 4.69) is 414 Å². The van der Waals surface area contributed by atoms with Gasteiger partial charge >= 0.3 is 0 Å². The average Bonchev–Trinajstić information content (AvgIpc) is 0.959. The number of nitrogens with zero attached hydrogens (tertiary/aromatic N) is 6. The monoisotopic (exact) mass is 1740 g/mol. The molecule has 0 saturated heterocycles. The van der Waals surface area contributed by atoms with E-state index < -0.39 is 31.7 Å². The van der Waals surface area contributed by atoms with Gasteiger partial charge in [-0.25, -0.2) is 19.9 Å². The molecule has 0 saturated carbocycles. The van der Waals surface area contributed by atoms with Crippen molar-refractivity contribution in [1.29, 1.82) is 0 Å². The second kappa shape index (κ2) is 48.3. The van der Waals surface area contributed by atoms with Crippen LogP contribution in [0, 0.1) is 0 Å². The van der Waals surface area contributed by atoms with Gasteiger partial charge in [0.1, 0.15) is 20.6 Å². The number of halogens is 3. The third-order valence-electron chi connectivity index (χ3n) is 16.0. The first kappa shape index (κ1) is 85.5. The molecule has 0 unspecified atom stereocenters. The molecule has 16 heteroatoms. The molecule has 0 N–H and O–H groups in total. The van der Waals surface area contributed by atoms with Gasteiger partial charge in [0.15, 0.2) is 5.82 Å². The quantitative estimate of drug-likeness (QED) is 0.0392. The summed E-state index contributed by atoms with van der Waals surface area (Å²) in [5, 5.41) is 17.8. The van der Waals surface area contributed by atoms with Crippen molar-refractivity contribution in [3.05, 3.63) is 434 Å². The third-order valence-corrected chi connectivity index (χ3v) is 29.0. The van der Waals surface area contributed by atoms with Gasteiger partial charge in [-0.05, 0) is 147 Å². The number of aryl methyl sites for hydroxylation is 2. The molecule has 0 aliphatic rings. The van der Waals surface area contributed by atoms with E-state index in [1.54, 1.807) is 48.3 Å². The molecule has 4 heterocycles. The van der Waals surface area contributed by atoms with Crippen molar-refractivity contribution in [1.82, 2.24) is 29.1 Å². The summed E-state index contributed by atoms with van der Waals surface area (Å²) in [5.41, 5.74) is 0.854. The Morgan fingerprint density at radius 1 is 0.309 bits per heavy atom. The van der Waals surface area contributed by atoms with E-state index in [1.807, 2.05) is 53.8 Å². The van der Waals surface area contributed by atoms with E-state index in [-0.39, 0.29) is 20.4 Å². The predicted octanol–water partition coefficient (Wildman–Crippen LogP) is 21.1.